The largest absolute Gasteiger partial charge is 0.470 e. The third-order valence-electron chi connectivity index (χ3n) is 0.451. The molecule has 0 aromatic carbocycles. The zero-order chi connectivity index (χ0) is 7.49. The first-order chi connectivity index (χ1) is 4.00. The first kappa shape index (κ1) is 8.26. The molecule has 0 aromatic rings. The molecular weight excluding hydrogens is 140 g/mol. The normalized spacial score (nSPS) is 11.7. The minimum absolute atomic E-state index is 0.249. The molecule has 1 radical (unpaired) electrons. The number of alkyl halides is 2. The van der Waals surface area contributed by atoms with Crippen molar-refractivity contribution in [3.63, 3.8) is 0 Å². The van der Waals surface area contributed by atoms with Crippen LogP contribution in [0.25, 0.3) is 0 Å². The Morgan fingerprint density at radius 3 is 2.00 bits per heavy atom. The van der Waals surface area contributed by atoms with Crippen molar-refractivity contribution in [1.82, 2.24) is 0 Å². The van der Waals surface area contributed by atoms with Gasteiger partial charge in [-0.05, 0) is 0 Å². The molecule has 0 aromatic heterocycles. The lowest BCUT2D eigenvalue weighted by Gasteiger charge is -2.10. The molecule has 5 heteroatoms. The fraction of sp³-hybridized carbons (Fsp3) is 0.250. The van der Waals surface area contributed by atoms with Crippen LogP contribution in [0.2, 0.25) is 0 Å². The molecule has 0 N–H and O–H groups in total. The molecule has 0 spiro atoms. The van der Waals surface area contributed by atoms with Crippen LogP contribution < -0.4 is 0 Å². The van der Waals surface area contributed by atoms with Crippen molar-refractivity contribution in [2.75, 3.05) is 0 Å². The molecule has 0 fully saturated rings. The average molecular weight is 143 g/mol. The maximum absolute atomic E-state index is 11.5. The van der Waals surface area contributed by atoms with Gasteiger partial charge in [0, 0.05) is 0 Å². The van der Waals surface area contributed by atoms with Gasteiger partial charge >= 0.3 is 12.5 Å². The lowest BCUT2D eigenvalue weighted by molar-refractivity contribution is -0.229. The number of hydrogen-bond acceptors (Lipinski definition) is 1. The van der Waals surface area contributed by atoms with E-state index in [4.69, 9.17) is 0 Å². The fourth-order valence-electron chi connectivity index (χ4n) is 0.149. The standard InChI is InChI=1S/C4H3F4O/c1-2-9-4(7,8)3(5)6/h2H,1H2. The summed E-state index contributed by atoms with van der Waals surface area (Å²) < 4.78 is 48.1. The van der Waals surface area contributed by atoms with E-state index in [1.807, 2.05) is 0 Å². The van der Waals surface area contributed by atoms with Crippen LogP contribution in [-0.4, -0.2) is 6.11 Å². The summed E-state index contributed by atoms with van der Waals surface area (Å²) in [7, 11) is 0. The molecule has 0 rings (SSSR count). The predicted molar refractivity (Wildman–Crippen MR) is 21.7 cm³/mol. The lowest BCUT2D eigenvalue weighted by Crippen LogP contribution is -2.21. The van der Waals surface area contributed by atoms with Crippen LogP contribution in [0.15, 0.2) is 12.8 Å². The number of halogens is 4. The van der Waals surface area contributed by atoms with Gasteiger partial charge in [-0.3, -0.25) is 0 Å². The molecule has 0 heterocycles. The van der Waals surface area contributed by atoms with Gasteiger partial charge in [-0.25, -0.2) is 0 Å². The van der Waals surface area contributed by atoms with Gasteiger partial charge in [0.25, 0.3) is 0 Å². The van der Waals surface area contributed by atoms with E-state index in [2.05, 4.69) is 11.3 Å². The molecule has 0 aliphatic carbocycles. The van der Waals surface area contributed by atoms with Crippen LogP contribution in [0.5, 0.6) is 0 Å². The Hall–Kier alpha value is -0.740. The quantitative estimate of drug-likeness (QED) is 0.434. The molecule has 0 bridgehead atoms. The van der Waals surface area contributed by atoms with Crippen LogP contribution in [0.3, 0.4) is 0 Å². The second-order valence-electron chi connectivity index (χ2n) is 1.06. The SMILES string of the molecule is C=COC(F)(F)[C](F)F. The molecule has 9 heavy (non-hydrogen) atoms. The van der Waals surface area contributed by atoms with E-state index < -0.39 is 12.5 Å². The summed E-state index contributed by atoms with van der Waals surface area (Å²) in [5.74, 6) is 0. The van der Waals surface area contributed by atoms with Crippen LogP contribution in [0.1, 0.15) is 0 Å². The second kappa shape index (κ2) is 2.70. The van der Waals surface area contributed by atoms with Crippen molar-refractivity contribution in [2.24, 2.45) is 0 Å². The summed E-state index contributed by atoms with van der Waals surface area (Å²) in [6, 6.07) is 0. The van der Waals surface area contributed by atoms with Gasteiger partial charge < -0.3 is 4.74 Å². The molecule has 0 atom stereocenters. The number of hydrogen-bond donors (Lipinski definition) is 0. The number of rotatable bonds is 3. The molecule has 0 saturated carbocycles. The van der Waals surface area contributed by atoms with Gasteiger partial charge in [0.05, 0.1) is 6.26 Å². The average Bonchev–Trinajstić information content (AvgIpc) is 1.65. The van der Waals surface area contributed by atoms with Crippen molar-refractivity contribution >= 4 is 0 Å². The predicted octanol–water partition coefficient (Wildman–Crippen LogP) is 2.17. The highest BCUT2D eigenvalue weighted by Crippen LogP contribution is 2.29. The smallest absolute Gasteiger partial charge is 0.436 e. The monoisotopic (exact) mass is 143 g/mol. The van der Waals surface area contributed by atoms with E-state index >= 15 is 0 Å². The third-order valence-corrected chi connectivity index (χ3v) is 0.451. The van der Waals surface area contributed by atoms with Gasteiger partial charge in [0.2, 0.25) is 0 Å². The van der Waals surface area contributed by atoms with Crippen LogP contribution in [0, 0.1) is 6.43 Å². The van der Waals surface area contributed by atoms with E-state index in [0.29, 0.717) is 0 Å². The Bertz CT molecular complexity index is 101. The highest BCUT2D eigenvalue weighted by atomic mass is 19.3. The molecule has 53 valence electrons. The first-order valence-corrected chi connectivity index (χ1v) is 1.85. The fourth-order valence-corrected chi connectivity index (χ4v) is 0.149. The van der Waals surface area contributed by atoms with Gasteiger partial charge in [-0.1, -0.05) is 6.58 Å². The van der Waals surface area contributed by atoms with Crippen molar-refractivity contribution in [3.05, 3.63) is 19.3 Å². The maximum Gasteiger partial charge on any atom is 0.470 e. The van der Waals surface area contributed by atoms with Crippen LogP contribution in [0.4, 0.5) is 17.6 Å². The Balaban J connectivity index is 3.84. The van der Waals surface area contributed by atoms with Crippen molar-refractivity contribution < 1.29 is 22.3 Å². The topological polar surface area (TPSA) is 9.23 Å². The zero-order valence-electron chi connectivity index (χ0n) is 4.20. The molecule has 0 amide bonds. The zero-order valence-corrected chi connectivity index (χ0v) is 4.20. The summed E-state index contributed by atoms with van der Waals surface area (Å²) >= 11 is 0. The molecule has 0 aliphatic rings. The van der Waals surface area contributed by atoms with E-state index in [9.17, 15) is 17.6 Å². The van der Waals surface area contributed by atoms with E-state index in [-0.39, 0.29) is 6.26 Å². The molecule has 0 unspecified atom stereocenters. The van der Waals surface area contributed by atoms with Gasteiger partial charge in [-0.2, -0.15) is 17.6 Å². The van der Waals surface area contributed by atoms with Gasteiger partial charge in [0.1, 0.15) is 0 Å². The van der Waals surface area contributed by atoms with E-state index in [1.165, 1.54) is 0 Å². The molecule has 0 aliphatic heterocycles. The minimum atomic E-state index is -4.48. The highest BCUT2D eigenvalue weighted by Gasteiger charge is 2.45. The Morgan fingerprint density at radius 1 is 1.44 bits per heavy atom. The third kappa shape index (κ3) is 2.34. The first-order valence-electron chi connectivity index (χ1n) is 1.85. The van der Waals surface area contributed by atoms with Crippen LogP contribution in [-0.2, 0) is 4.74 Å². The summed E-state index contributed by atoms with van der Waals surface area (Å²) in [6.07, 6.45) is -7.32. The summed E-state index contributed by atoms with van der Waals surface area (Å²) in [6.45, 7) is 2.68. The Morgan fingerprint density at radius 2 is 1.89 bits per heavy atom. The number of ether oxygens (including phenoxy) is 1. The lowest BCUT2D eigenvalue weighted by atomic mass is 10.7. The molecule has 1 nitrogen and oxygen atoms in total. The van der Waals surface area contributed by atoms with Crippen LogP contribution >= 0.6 is 0 Å². The van der Waals surface area contributed by atoms with Crippen molar-refractivity contribution in [2.45, 2.75) is 6.11 Å². The minimum Gasteiger partial charge on any atom is -0.436 e. The molecular formula is C4H3F4O. The second-order valence-corrected chi connectivity index (χ2v) is 1.06. The van der Waals surface area contributed by atoms with Crippen molar-refractivity contribution in [1.29, 1.82) is 0 Å². The highest BCUT2D eigenvalue weighted by molar-refractivity contribution is 4.75. The van der Waals surface area contributed by atoms with E-state index in [1.54, 1.807) is 0 Å². The Kier molecular flexibility index (Phi) is 2.48. The summed E-state index contributed by atoms with van der Waals surface area (Å²) in [5.41, 5.74) is 0. The summed E-state index contributed by atoms with van der Waals surface area (Å²) in [4.78, 5) is 0. The van der Waals surface area contributed by atoms with E-state index in [0.717, 1.165) is 0 Å². The van der Waals surface area contributed by atoms with Crippen molar-refractivity contribution in [3.8, 4) is 0 Å². The Labute approximate surface area is 48.9 Å². The van der Waals surface area contributed by atoms with Gasteiger partial charge in [-0.15, -0.1) is 0 Å². The summed E-state index contributed by atoms with van der Waals surface area (Å²) in [5, 5.41) is 0. The van der Waals surface area contributed by atoms with Gasteiger partial charge in [0.15, 0.2) is 0 Å². The molecule has 0 saturated heterocycles. The maximum atomic E-state index is 11.5.